The highest BCUT2D eigenvalue weighted by molar-refractivity contribution is 7.99. The summed E-state index contributed by atoms with van der Waals surface area (Å²) >= 11 is 1.73. The summed E-state index contributed by atoms with van der Waals surface area (Å²) in [7, 11) is 0. The van der Waals surface area contributed by atoms with E-state index in [0.717, 1.165) is 55.3 Å². The van der Waals surface area contributed by atoms with Gasteiger partial charge < -0.3 is 9.47 Å². The zero-order valence-electron chi connectivity index (χ0n) is 15.0. The monoisotopic (exact) mass is 344 g/mol. The first-order valence-corrected chi connectivity index (χ1v) is 9.68. The maximum atomic E-state index is 5.98. The highest BCUT2D eigenvalue weighted by atomic mass is 32.2. The van der Waals surface area contributed by atoms with E-state index in [9.17, 15) is 0 Å². The number of rotatable bonds is 10. The van der Waals surface area contributed by atoms with E-state index in [1.807, 2.05) is 12.1 Å². The lowest BCUT2D eigenvalue weighted by molar-refractivity contribution is 0.295. The number of hydrogen-bond acceptors (Lipinski definition) is 3. The van der Waals surface area contributed by atoms with Crippen molar-refractivity contribution in [2.75, 3.05) is 13.2 Å². The van der Waals surface area contributed by atoms with Gasteiger partial charge in [-0.05, 0) is 50.1 Å². The van der Waals surface area contributed by atoms with Crippen LogP contribution in [0.5, 0.6) is 11.5 Å². The van der Waals surface area contributed by atoms with Crippen LogP contribution in [0.4, 0.5) is 0 Å². The van der Waals surface area contributed by atoms with Gasteiger partial charge in [-0.3, -0.25) is 0 Å². The van der Waals surface area contributed by atoms with Crippen molar-refractivity contribution in [2.45, 2.75) is 56.2 Å². The molecule has 0 atom stereocenters. The summed E-state index contributed by atoms with van der Waals surface area (Å²) in [4.78, 5) is 2.33. The molecule has 0 N–H and O–H groups in total. The summed E-state index contributed by atoms with van der Waals surface area (Å²) in [6, 6.07) is 14.7. The van der Waals surface area contributed by atoms with E-state index in [4.69, 9.17) is 9.47 Å². The van der Waals surface area contributed by atoms with Crippen LogP contribution in [0, 0.1) is 6.92 Å². The molecule has 2 aromatic rings. The van der Waals surface area contributed by atoms with Crippen LogP contribution in [0.2, 0.25) is 0 Å². The van der Waals surface area contributed by atoms with E-state index in [0.29, 0.717) is 0 Å². The van der Waals surface area contributed by atoms with Crippen molar-refractivity contribution in [1.29, 1.82) is 0 Å². The van der Waals surface area contributed by atoms with Crippen LogP contribution in [0.3, 0.4) is 0 Å². The summed E-state index contributed by atoms with van der Waals surface area (Å²) in [6.07, 6.45) is 4.43. The zero-order valence-corrected chi connectivity index (χ0v) is 15.8. The topological polar surface area (TPSA) is 18.5 Å². The molecule has 24 heavy (non-hydrogen) atoms. The minimum Gasteiger partial charge on any atom is -0.494 e. The molecule has 2 aromatic carbocycles. The van der Waals surface area contributed by atoms with E-state index < -0.39 is 0 Å². The third kappa shape index (κ3) is 6.12. The molecule has 0 bridgehead atoms. The van der Waals surface area contributed by atoms with Gasteiger partial charge in [-0.25, -0.2) is 0 Å². The second-order valence-corrected chi connectivity index (χ2v) is 7.04. The molecule has 2 nitrogen and oxygen atoms in total. The van der Waals surface area contributed by atoms with Gasteiger partial charge in [0.25, 0.3) is 0 Å². The van der Waals surface area contributed by atoms with Crippen LogP contribution in [0.1, 0.15) is 45.1 Å². The molecule has 3 heteroatoms. The predicted octanol–water partition coefficient (Wildman–Crippen LogP) is 6.50. The van der Waals surface area contributed by atoms with Crippen molar-refractivity contribution >= 4 is 11.8 Å². The Morgan fingerprint density at radius 1 is 0.833 bits per heavy atom. The third-order valence-electron chi connectivity index (χ3n) is 3.69. The van der Waals surface area contributed by atoms with Crippen LogP contribution in [-0.2, 0) is 0 Å². The van der Waals surface area contributed by atoms with Crippen LogP contribution in [0.15, 0.2) is 52.3 Å². The summed E-state index contributed by atoms with van der Waals surface area (Å²) in [5, 5.41) is 0. The zero-order chi connectivity index (χ0) is 17.2. The van der Waals surface area contributed by atoms with Gasteiger partial charge >= 0.3 is 0 Å². The molecule has 0 aliphatic carbocycles. The van der Waals surface area contributed by atoms with Crippen molar-refractivity contribution < 1.29 is 9.47 Å². The molecule has 0 saturated heterocycles. The van der Waals surface area contributed by atoms with E-state index in [-0.39, 0.29) is 0 Å². The summed E-state index contributed by atoms with van der Waals surface area (Å²) in [5.41, 5.74) is 1.27. The lowest BCUT2D eigenvalue weighted by Gasteiger charge is -2.13. The SMILES string of the molecule is CCCCOc1ccc(OCCCC)c(Sc2ccc(C)cc2)c1. The lowest BCUT2D eigenvalue weighted by atomic mass is 10.2. The van der Waals surface area contributed by atoms with Crippen LogP contribution < -0.4 is 9.47 Å². The Bertz CT molecular complexity index is 608. The summed E-state index contributed by atoms with van der Waals surface area (Å²) in [5.74, 6) is 1.86. The fourth-order valence-electron chi connectivity index (χ4n) is 2.17. The maximum absolute atomic E-state index is 5.98. The maximum Gasteiger partial charge on any atom is 0.133 e. The molecule has 0 fully saturated rings. The van der Waals surface area contributed by atoms with Crippen LogP contribution >= 0.6 is 11.8 Å². The Morgan fingerprint density at radius 2 is 1.50 bits per heavy atom. The molecule has 2 rings (SSSR count). The standard InChI is InChI=1S/C21H28O2S/c1-4-6-14-22-18-10-13-20(23-15-7-5-2)21(16-18)24-19-11-8-17(3)9-12-19/h8-13,16H,4-7,14-15H2,1-3H3. The van der Waals surface area contributed by atoms with Crippen molar-refractivity contribution in [2.24, 2.45) is 0 Å². The summed E-state index contributed by atoms with van der Waals surface area (Å²) < 4.78 is 11.8. The van der Waals surface area contributed by atoms with Crippen molar-refractivity contribution in [3.05, 3.63) is 48.0 Å². The Labute approximate surface area is 150 Å². The number of hydrogen-bond donors (Lipinski definition) is 0. The van der Waals surface area contributed by atoms with Gasteiger partial charge in [0.2, 0.25) is 0 Å². The highest BCUT2D eigenvalue weighted by Gasteiger charge is 2.08. The minimum absolute atomic E-state index is 0.758. The van der Waals surface area contributed by atoms with E-state index in [1.165, 1.54) is 10.5 Å². The molecule has 0 unspecified atom stereocenters. The quantitative estimate of drug-likeness (QED) is 0.458. The molecular weight excluding hydrogens is 316 g/mol. The van der Waals surface area contributed by atoms with E-state index in [2.05, 4.69) is 51.1 Å². The number of benzene rings is 2. The normalized spacial score (nSPS) is 10.6. The Hall–Kier alpha value is -1.61. The van der Waals surface area contributed by atoms with Crippen LogP contribution in [-0.4, -0.2) is 13.2 Å². The first-order valence-electron chi connectivity index (χ1n) is 8.87. The summed E-state index contributed by atoms with van der Waals surface area (Å²) in [6.45, 7) is 7.98. The smallest absolute Gasteiger partial charge is 0.133 e. The molecule has 0 radical (unpaired) electrons. The Balaban J connectivity index is 2.14. The van der Waals surface area contributed by atoms with E-state index >= 15 is 0 Å². The highest BCUT2D eigenvalue weighted by Crippen LogP contribution is 2.37. The average molecular weight is 345 g/mol. The molecule has 0 heterocycles. The second-order valence-electron chi connectivity index (χ2n) is 5.93. The molecule has 0 spiro atoms. The minimum atomic E-state index is 0.758. The second kappa shape index (κ2) is 10.3. The van der Waals surface area contributed by atoms with Gasteiger partial charge in [-0.15, -0.1) is 0 Å². The fraction of sp³-hybridized carbons (Fsp3) is 0.429. The van der Waals surface area contributed by atoms with Gasteiger partial charge in [0.1, 0.15) is 11.5 Å². The molecule has 0 aromatic heterocycles. The first kappa shape index (κ1) is 18.7. The molecule has 0 aliphatic heterocycles. The van der Waals surface area contributed by atoms with Crippen LogP contribution in [0.25, 0.3) is 0 Å². The van der Waals surface area contributed by atoms with Crippen molar-refractivity contribution in [1.82, 2.24) is 0 Å². The fourth-order valence-corrected chi connectivity index (χ4v) is 3.10. The van der Waals surface area contributed by atoms with Crippen molar-refractivity contribution in [3.8, 4) is 11.5 Å². The Morgan fingerprint density at radius 3 is 2.17 bits per heavy atom. The van der Waals surface area contributed by atoms with Gasteiger partial charge in [-0.1, -0.05) is 56.1 Å². The van der Waals surface area contributed by atoms with Gasteiger partial charge in [0.15, 0.2) is 0 Å². The lowest BCUT2D eigenvalue weighted by Crippen LogP contribution is -2.00. The van der Waals surface area contributed by atoms with Gasteiger partial charge in [0.05, 0.1) is 18.1 Å². The van der Waals surface area contributed by atoms with Gasteiger partial charge in [0, 0.05) is 4.90 Å². The van der Waals surface area contributed by atoms with Crippen molar-refractivity contribution in [3.63, 3.8) is 0 Å². The molecular formula is C21H28O2S. The largest absolute Gasteiger partial charge is 0.494 e. The number of ether oxygens (including phenoxy) is 2. The number of aryl methyl sites for hydroxylation is 1. The molecule has 0 aliphatic rings. The average Bonchev–Trinajstić information content (AvgIpc) is 2.59. The van der Waals surface area contributed by atoms with Gasteiger partial charge in [-0.2, -0.15) is 0 Å². The van der Waals surface area contributed by atoms with E-state index in [1.54, 1.807) is 11.8 Å². The first-order chi connectivity index (χ1) is 11.7. The predicted molar refractivity (Wildman–Crippen MR) is 103 cm³/mol. The molecule has 0 amide bonds. The number of unbranched alkanes of at least 4 members (excludes halogenated alkanes) is 2. The molecule has 130 valence electrons. The Kier molecular flexibility index (Phi) is 8.03. The molecule has 0 saturated carbocycles. The third-order valence-corrected chi connectivity index (χ3v) is 4.73.